The third-order valence-corrected chi connectivity index (χ3v) is 7.07. The number of nitrogens with one attached hydrogen (secondary N) is 3. The van der Waals surface area contributed by atoms with Crippen molar-refractivity contribution in [2.24, 2.45) is 11.8 Å². The van der Waals surface area contributed by atoms with Gasteiger partial charge in [0.25, 0.3) is 5.91 Å². The number of piperidine rings is 1. The van der Waals surface area contributed by atoms with Gasteiger partial charge in [0.05, 0.1) is 17.2 Å². The number of amides is 2. The summed E-state index contributed by atoms with van der Waals surface area (Å²) in [5, 5.41) is 9.04. The summed E-state index contributed by atoms with van der Waals surface area (Å²) >= 11 is 5.64. The van der Waals surface area contributed by atoms with Crippen LogP contribution < -0.4 is 20.7 Å². The molecule has 11 heteroatoms. The molecule has 1 aromatic carbocycles. The number of ether oxygens (including phenoxy) is 2. The van der Waals surface area contributed by atoms with E-state index < -0.39 is 24.6 Å². The molecular formula is C22H27ClF3N3O4. The highest BCUT2D eigenvalue weighted by Crippen LogP contribution is 2.45. The van der Waals surface area contributed by atoms with Crippen LogP contribution in [0.3, 0.4) is 0 Å². The van der Waals surface area contributed by atoms with Crippen molar-refractivity contribution in [3.05, 3.63) is 29.0 Å². The molecule has 0 aromatic heterocycles. The van der Waals surface area contributed by atoms with Crippen molar-refractivity contribution in [2.45, 2.75) is 62.9 Å². The first-order valence-electron chi connectivity index (χ1n) is 11.1. The average molecular weight is 490 g/mol. The Balaban J connectivity index is 1.25. The molecule has 1 aliphatic heterocycles. The van der Waals surface area contributed by atoms with Gasteiger partial charge in [0.15, 0.2) is 6.61 Å². The van der Waals surface area contributed by atoms with Crippen molar-refractivity contribution in [2.75, 3.05) is 13.2 Å². The number of benzene rings is 1. The average Bonchev–Trinajstić information content (AvgIpc) is 2.73. The number of fused-ring (bicyclic) bond motifs is 2. The minimum atomic E-state index is -2.85. The Labute approximate surface area is 194 Å². The van der Waals surface area contributed by atoms with Crippen LogP contribution in [0.1, 0.15) is 32.1 Å². The van der Waals surface area contributed by atoms with Crippen molar-refractivity contribution < 1.29 is 32.2 Å². The van der Waals surface area contributed by atoms with E-state index in [9.17, 15) is 22.8 Å². The zero-order chi connectivity index (χ0) is 23.5. The van der Waals surface area contributed by atoms with Crippen molar-refractivity contribution in [1.82, 2.24) is 16.0 Å². The first-order valence-corrected chi connectivity index (χ1v) is 11.5. The molecule has 4 aliphatic rings. The predicted octanol–water partition coefficient (Wildman–Crippen LogP) is 2.62. The summed E-state index contributed by atoms with van der Waals surface area (Å²) in [6, 6.07) is 3.17. The topological polar surface area (TPSA) is 88.7 Å². The van der Waals surface area contributed by atoms with Crippen LogP contribution in [-0.4, -0.2) is 55.8 Å². The molecule has 4 unspecified atom stereocenters. The van der Waals surface area contributed by atoms with Crippen molar-refractivity contribution in [3.63, 3.8) is 0 Å². The zero-order valence-electron chi connectivity index (χ0n) is 17.9. The first-order chi connectivity index (χ1) is 15.8. The molecule has 1 saturated heterocycles. The smallest absolute Gasteiger partial charge is 0.345 e. The fraction of sp³-hybridized carbons (Fsp3) is 0.636. The highest BCUT2D eigenvalue weighted by atomic mass is 35.5. The molecule has 7 nitrogen and oxygen atoms in total. The molecule has 0 spiro atoms. The monoisotopic (exact) mass is 489 g/mol. The Morgan fingerprint density at radius 1 is 1.12 bits per heavy atom. The van der Waals surface area contributed by atoms with Gasteiger partial charge in [0.1, 0.15) is 11.6 Å². The number of halogens is 4. The summed E-state index contributed by atoms with van der Waals surface area (Å²) in [6.45, 7) is -2.68. The predicted molar refractivity (Wildman–Crippen MR) is 113 cm³/mol. The summed E-state index contributed by atoms with van der Waals surface area (Å²) in [5.74, 6) is -0.286. The number of hydrogen-bond acceptors (Lipinski definition) is 5. The summed E-state index contributed by atoms with van der Waals surface area (Å²) in [7, 11) is 0. The molecule has 3 N–H and O–H groups in total. The van der Waals surface area contributed by atoms with Gasteiger partial charge in [-0.1, -0.05) is 11.6 Å². The Morgan fingerprint density at radius 2 is 1.85 bits per heavy atom. The maximum absolute atomic E-state index is 13.5. The SMILES string of the molecule is O=C(COc1ccc(Cl)c(F)c1)NC1CC(NC(=O)C2CC(OC(F)F)CCN2)C2CC1C2. The minimum Gasteiger partial charge on any atom is -0.484 e. The van der Waals surface area contributed by atoms with E-state index in [1.165, 1.54) is 12.1 Å². The Kier molecular flexibility index (Phi) is 7.65. The molecule has 2 bridgehead atoms. The molecule has 1 aromatic rings. The normalized spacial score (nSPS) is 30.9. The van der Waals surface area contributed by atoms with Crippen LogP contribution in [-0.2, 0) is 14.3 Å². The fourth-order valence-corrected chi connectivity index (χ4v) is 5.09. The van der Waals surface area contributed by atoms with E-state index in [2.05, 4.69) is 20.7 Å². The maximum atomic E-state index is 13.5. The molecular weight excluding hydrogens is 463 g/mol. The lowest BCUT2D eigenvalue weighted by molar-refractivity contribution is -0.172. The van der Waals surface area contributed by atoms with Gasteiger partial charge in [-0.2, -0.15) is 8.78 Å². The van der Waals surface area contributed by atoms with Gasteiger partial charge in [-0.25, -0.2) is 4.39 Å². The van der Waals surface area contributed by atoms with Crippen LogP contribution in [0.25, 0.3) is 0 Å². The molecule has 2 amide bonds. The Bertz CT molecular complexity index is 871. The van der Waals surface area contributed by atoms with Gasteiger partial charge >= 0.3 is 6.61 Å². The van der Waals surface area contributed by atoms with Gasteiger partial charge in [-0.3, -0.25) is 9.59 Å². The second kappa shape index (κ2) is 10.5. The van der Waals surface area contributed by atoms with E-state index in [1.54, 1.807) is 0 Å². The van der Waals surface area contributed by atoms with Crippen molar-refractivity contribution in [3.8, 4) is 5.75 Å². The number of carbonyl (C=O) groups is 2. The van der Waals surface area contributed by atoms with Gasteiger partial charge in [0, 0.05) is 18.2 Å². The van der Waals surface area contributed by atoms with Crippen LogP contribution >= 0.6 is 11.6 Å². The summed E-state index contributed by atoms with van der Waals surface area (Å²) in [6.07, 6.45) is 2.36. The molecule has 1 heterocycles. The van der Waals surface area contributed by atoms with Crippen molar-refractivity contribution in [1.29, 1.82) is 0 Å². The highest BCUT2D eigenvalue weighted by Gasteiger charge is 2.47. The Morgan fingerprint density at radius 3 is 2.55 bits per heavy atom. The van der Waals surface area contributed by atoms with Crippen LogP contribution in [0.15, 0.2) is 18.2 Å². The standard InChI is InChI=1S/C22H27ClF3N3O4/c23-15-2-1-13(7-16(15)24)32-10-20(30)28-17-9-18(12-5-11(17)6-12)29-21(31)19-8-14(3-4-27-19)33-22(25)26/h1-2,7,11-12,14,17-19,22,27H,3-6,8-10H2,(H,28,30)(H,29,31). The van der Waals surface area contributed by atoms with E-state index >= 15 is 0 Å². The lowest BCUT2D eigenvalue weighted by Crippen LogP contribution is -2.62. The van der Waals surface area contributed by atoms with Crippen molar-refractivity contribution >= 4 is 23.4 Å². The molecule has 3 saturated carbocycles. The second-order valence-electron chi connectivity index (χ2n) is 8.93. The molecule has 4 atom stereocenters. The van der Waals surface area contributed by atoms with E-state index in [0.29, 0.717) is 31.2 Å². The van der Waals surface area contributed by atoms with Crippen LogP contribution in [0.2, 0.25) is 5.02 Å². The first kappa shape index (κ1) is 24.1. The highest BCUT2D eigenvalue weighted by molar-refractivity contribution is 6.30. The number of hydrogen-bond donors (Lipinski definition) is 3. The molecule has 4 fully saturated rings. The number of rotatable bonds is 8. The molecule has 3 aliphatic carbocycles. The van der Waals surface area contributed by atoms with Gasteiger partial charge in [0.2, 0.25) is 5.91 Å². The summed E-state index contributed by atoms with van der Waals surface area (Å²) < 4.78 is 48.4. The van der Waals surface area contributed by atoms with Gasteiger partial charge in [-0.15, -0.1) is 0 Å². The van der Waals surface area contributed by atoms with E-state index in [0.717, 1.165) is 18.9 Å². The summed E-state index contributed by atoms with van der Waals surface area (Å²) in [4.78, 5) is 25.1. The third-order valence-electron chi connectivity index (χ3n) is 6.76. The van der Waals surface area contributed by atoms with E-state index in [1.807, 2.05) is 0 Å². The molecule has 5 rings (SSSR count). The third kappa shape index (κ3) is 6.10. The lowest BCUT2D eigenvalue weighted by atomic mass is 9.60. The van der Waals surface area contributed by atoms with Crippen LogP contribution in [0.4, 0.5) is 13.2 Å². The van der Waals surface area contributed by atoms with E-state index in [-0.39, 0.29) is 47.7 Å². The van der Waals surface area contributed by atoms with Gasteiger partial charge < -0.3 is 25.4 Å². The fourth-order valence-electron chi connectivity index (χ4n) is 4.98. The maximum Gasteiger partial charge on any atom is 0.345 e. The summed E-state index contributed by atoms with van der Waals surface area (Å²) in [5.41, 5.74) is 0. The largest absolute Gasteiger partial charge is 0.484 e. The quantitative estimate of drug-likeness (QED) is 0.522. The second-order valence-corrected chi connectivity index (χ2v) is 9.34. The molecule has 0 radical (unpaired) electrons. The molecule has 33 heavy (non-hydrogen) atoms. The Hall–Kier alpha value is -2.04. The molecule has 182 valence electrons. The van der Waals surface area contributed by atoms with Crippen LogP contribution in [0.5, 0.6) is 5.75 Å². The number of alkyl halides is 2. The number of carbonyl (C=O) groups excluding carboxylic acids is 2. The van der Waals surface area contributed by atoms with E-state index in [4.69, 9.17) is 16.3 Å². The van der Waals surface area contributed by atoms with Gasteiger partial charge in [-0.05, 0) is 62.6 Å². The minimum absolute atomic E-state index is 0.0258. The lowest BCUT2D eigenvalue weighted by Gasteiger charge is -2.51. The van der Waals surface area contributed by atoms with Crippen LogP contribution in [0, 0.1) is 17.7 Å². The zero-order valence-corrected chi connectivity index (χ0v) is 18.6.